The second-order valence-corrected chi connectivity index (χ2v) is 5.47. The van der Waals surface area contributed by atoms with Gasteiger partial charge in [0.2, 0.25) is 0 Å². The van der Waals surface area contributed by atoms with Crippen LogP contribution >= 0.6 is 0 Å². The molecule has 0 heterocycles. The Bertz CT molecular complexity index is 923. The van der Waals surface area contributed by atoms with Crippen LogP contribution in [0.3, 0.4) is 0 Å². The topological polar surface area (TPSA) is 37.3 Å². The zero-order valence-electron chi connectivity index (χ0n) is 13.0. The fourth-order valence-electron chi connectivity index (χ4n) is 2.83. The number of rotatable bonds is 4. The van der Waals surface area contributed by atoms with Crippen LogP contribution in [0.2, 0.25) is 0 Å². The van der Waals surface area contributed by atoms with Crippen LogP contribution in [0.15, 0.2) is 60.7 Å². The number of carboxylic acids is 1. The number of benzene rings is 3. The number of carboxylic acid groups (broad SMARTS) is 1. The average molecular weight is 342 g/mol. The highest BCUT2D eigenvalue weighted by atomic mass is 19.2. The third-order valence-electron chi connectivity index (χ3n) is 3.87. The highest BCUT2D eigenvalue weighted by Gasteiger charge is 2.27. The quantitative estimate of drug-likeness (QED) is 0.673. The molecule has 0 unspecified atom stereocenters. The Balaban J connectivity index is 2.44. The van der Waals surface area contributed by atoms with E-state index in [2.05, 4.69) is 0 Å². The smallest absolute Gasteiger partial charge is 0.307 e. The van der Waals surface area contributed by atoms with Crippen molar-refractivity contribution in [3.05, 3.63) is 83.7 Å². The van der Waals surface area contributed by atoms with Crippen LogP contribution in [-0.4, -0.2) is 11.1 Å². The first-order chi connectivity index (χ1) is 12.0. The van der Waals surface area contributed by atoms with Crippen LogP contribution in [0, 0.1) is 17.5 Å². The summed E-state index contributed by atoms with van der Waals surface area (Å²) in [6.07, 6.45) is -0.757. The van der Waals surface area contributed by atoms with E-state index >= 15 is 0 Å². The summed E-state index contributed by atoms with van der Waals surface area (Å²) in [6.45, 7) is 0. The molecule has 5 heteroatoms. The van der Waals surface area contributed by atoms with Crippen LogP contribution in [0.25, 0.3) is 22.3 Å². The summed E-state index contributed by atoms with van der Waals surface area (Å²) in [6, 6.07) is 16.4. The van der Waals surface area contributed by atoms with E-state index < -0.39 is 29.8 Å². The minimum absolute atomic E-state index is 0.0469. The van der Waals surface area contributed by atoms with Gasteiger partial charge in [-0.25, -0.2) is 13.2 Å². The molecular formula is C20H13F3O2. The van der Waals surface area contributed by atoms with Crippen LogP contribution in [0.5, 0.6) is 0 Å². The van der Waals surface area contributed by atoms with Gasteiger partial charge in [-0.2, -0.15) is 0 Å². The molecule has 0 aliphatic rings. The zero-order valence-corrected chi connectivity index (χ0v) is 13.0. The number of aliphatic carboxylic acids is 1. The molecule has 126 valence electrons. The number of carbonyl (C=O) groups is 1. The summed E-state index contributed by atoms with van der Waals surface area (Å²) in [5.41, 5.74) is 0.267. The standard InChI is InChI=1S/C20H13F3O2/c21-18-14(11-15(24)25)16(12-7-3-1-4-8-12)17(19(22)20(18)23)13-9-5-2-6-10-13/h1-10H,11H2,(H,24,25). The molecule has 0 aliphatic carbocycles. The van der Waals surface area contributed by atoms with Crippen molar-refractivity contribution < 1.29 is 23.1 Å². The summed E-state index contributed by atoms with van der Waals surface area (Å²) < 4.78 is 43.2. The van der Waals surface area contributed by atoms with Crippen LogP contribution in [-0.2, 0) is 11.2 Å². The Morgan fingerprint density at radius 2 is 1.20 bits per heavy atom. The van der Waals surface area contributed by atoms with Gasteiger partial charge in [0, 0.05) is 11.1 Å². The summed E-state index contributed by atoms with van der Waals surface area (Å²) in [5, 5.41) is 9.10. The van der Waals surface area contributed by atoms with E-state index in [9.17, 15) is 18.0 Å². The van der Waals surface area contributed by atoms with Crippen molar-refractivity contribution in [2.45, 2.75) is 6.42 Å². The molecule has 0 spiro atoms. The van der Waals surface area contributed by atoms with Gasteiger partial charge < -0.3 is 5.11 Å². The largest absolute Gasteiger partial charge is 0.481 e. The van der Waals surface area contributed by atoms with Gasteiger partial charge in [0.25, 0.3) is 0 Å². The number of halogens is 3. The molecule has 1 N–H and O–H groups in total. The van der Waals surface area contributed by atoms with Crippen molar-refractivity contribution in [1.29, 1.82) is 0 Å². The Morgan fingerprint density at radius 1 is 0.720 bits per heavy atom. The lowest BCUT2D eigenvalue weighted by atomic mass is 9.88. The van der Waals surface area contributed by atoms with Crippen LogP contribution in [0.1, 0.15) is 5.56 Å². The van der Waals surface area contributed by atoms with E-state index in [1.54, 1.807) is 60.7 Å². The van der Waals surface area contributed by atoms with E-state index in [0.717, 1.165) is 0 Å². The molecule has 3 rings (SSSR count). The molecule has 2 nitrogen and oxygen atoms in total. The molecule has 0 atom stereocenters. The Labute approximate surface area is 142 Å². The Hall–Kier alpha value is -3.08. The predicted octanol–water partition coefficient (Wildman–Crippen LogP) is 5.07. The lowest BCUT2D eigenvalue weighted by Crippen LogP contribution is -2.10. The van der Waals surface area contributed by atoms with Crippen molar-refractivity contribution >= 4 is 5.97 Å². The molecule has 0 aromatic heterocycles. The summed E-state index contributed by atoms with van der Waals surface area (Å²) in [5.74, 6) is -5.81. The van der Waals surface area contributed by atoms with E-state index in [-0.39, 0.29) is 16.7 Å². The van der Waals surface area contributed by atoms with E-state index in [1.165, 1.54) is 0 Å². The molecule has 3 aromatic carbocycles. The van der Waals surface area contributed by atoms with Crippen molar-refractivity contribution in [3.8, 4) is 22.3 Å². The van der Waals surface area contributed by atoms with Gasteiger partial charge in [0.1, 0.15) is 0 Å². The maximum absolute atomic E-state index is 14.6. The molecule has 3 aromatic rings. The molecule has 0 aliphatic heterocycles. The molecule has 0 radical (unpaired) electrons. The fourth-order valence-corrected chi connectivity index (χ4v) is 2.83. The molecule has 0 fully saturated rings. The minimum atomic E-state index is -1.67. The fraction of sp³-hybridized carbons (Fsp3) is 0.0500. The van der Waals surface area contributed by atoms with Gasteiger partial charge in [-0.1, -0.05) is 60.7 Å². The van der Waals surface area contributed by atoms with Crippen molar-refractivity contribution in [2.75, 3.05) is 0 Å². The van der Waals surface area contributed by atoms with Gasteiger partial charge in [0.05, 0.1) is 6.42 Å². The monoisotopic (exact) mass is 342 g/mol. The third-order valence-corrected chi connectivity index (χ3v) is 3.87. The van der Waals surface area contributed by atoms with E-state index in [0.29, 0.717) is 11.1 Å². The zero-order chi connectivity index (χ0) is 18.0. The van der Waals surface area contributed by atoms with Gasteiger partial charge in [-0.3, -0.25) is 4.79 Å². The average Bonchev–Trinajstić information content (AvgIpc) is 2.63. The first-order valence-electron chi connectivity index (χ1n) is 7.52. The van der Waals surface area contributed by atoms with Gasteiger partial charge >= 0.3 is 5.97 Å². The molecule has 25 heavy (non-hydrogen) atoms. The van der Waals surface area contributed by atoms with Gasteiger partial charge in [0.15, 0.2) is 17.5 Å². The molecule has 0 saturated heterocycles. The van der Waals surface area contributed by atoms with E-state index in [1.807, 2.05) is 0 Å². The highest BCUT2D eigenvalue weighted by molar-refractivity contribution is 5.88. The highest BCUT2D eigenvalue weighted by Crippen LogP contribution is 2.40. The van der Waals surface area contributed by atoms with E-state index in [4.69, 9.17) is 5.11 Å². The normalized spacial score (nSPS) is 10.7. The maximum Gasteiger partial charge on any atom is 0.307 e. The van der Waals surface area contributed by atoms with Crippen molar-refractivity contribution in [2.24, 2.45) is 0 Å². The summed E-state index contributed by atoms with van der Waals surface area (Å²) >= 11 is 0. The third kappa shape index (κ3) is 3.13. The minimum Gasteiger partial charge on any atom is -0.481 e. The second-order valence-electron chi connectivity index (χ2n) is 5.47. The van der Waals surface area contributed by atoms with Crippen LogP contribution < -0.4 is 0 Å². The number of hydrogen-bond acceptors (Lipinski definition) is 1. The van der Waals surface area contributed by atoms with Gasteiger partial charge in [-0.15, -0.1) is 0 Å². The molecular weight excluding hydrogens is 329 g/mol. The maximum atomic E-state index is 14.6. The van der Waals surface area contributed by atoms with Crippen LogP contribution in [0.4, 0.5) is 13.2 Å². The first kappa shape index (κ1) is 16.8. The number of hydrogen-bond donors (Lipinski definition) is 1. The molecule has 0 bridgehead atoms. The summed E-state index contributed by atoms with van der Waals surface area (Å²) in [7, 11) is 0. The lowest BCUT2D eigenvalue weighted by molar-refractivity contribution is -0.136. The SMILES string of the molecule is O=C(O)Cc1c(F)c(F)c(F)c(-c2ccccc2)c1-c1ccccc1. The predicted molar refractivity (Wildman–Crippen MR) is 88.5 cm³/mol. The molecule has 0 amide bonds. The Morgan fingerprint density at radius 3 is 1.68 bits per heavy atom. The Kier molecular flexibility index (Phi) is 4.57. The summed E-state index contributed by atoms with van der Waals surface area (Å²) in [4.78, 5) is 11.2. The molecule has 0 saturated carbocycles. The van der Waals surface area contributed by atoms with Crippen molar-refractivity contribution in [1.82, 2.24) is 0 Å². The van der Waals surface area contributed by atoms with Gasteiger partial charge in [-0.05, 0) is 16.7 Å². The second kappa shape index (κ2) is 6.81. The first-order valence-corrected chi connectivity index (χ1v) is 7.52. The lowest BCUT2D eigenvalue weighted by Gasteiger charge is -2.17. The van der Waals surface area contributed by atoms with Crippen molar-refractivity contribution in [3.63, 3.8) is 0 Å².